The summed E-state index contributed by atoms with van der Waals surface area (Å²) in [7, 11) is 1.83. The highest BCUT2D eigenvalue weighted by Gasteiger charge is 2.31. The second kappa shape index (κ2) is 6.87. The fourth-order valence-electron chi connectivity index (χ4n) is 2.49. The highest BCUT2D eigenvalue weighted by Crippen LogP contribution is 2.24. The van der Waals surface area contributed by atoms with E-state index in [4.69, 9.17) is 0 Å². The van der Waals surface area contributed by atoms with E-state index in [2.05, 4.69) is 15.4 Å². The lowest BCUT2D eigenvalue weighted by Gasteiger charge is -2.24. The molecule has 122 valence electrons. The van der Waals surface area contributed by atoms with Crippen molar-refractivity contribution in [1.29, 1.82) is 0 Å². The summed E-state index contributed by atoms with van der Waals surface area (Å²) in [5.74, 6) is -0.320. The van der Waals surface area contributed by atoms with Gasteiger partial charge in [0, 0.05) is 24.8 Å². The molecule has 1 saturated heterocycles. The topological polar surface area (TPSA) is 53.6 Å². The van der Waals surface area contributed by atoms with Crippen LogP contribution in [0.1, 0.15) is 12.8 Å². The van der Waals surface area contributed by atoms with E-state index in [-0.39, 0.29) is 17.8 Å². The summed E-state index contributed by atoms with van der Waals surface area (Å²) >= 11 is 0. The van der Waals surface area contributed by atoms with E-state index in [1.54, 1.807) is 4.90 Å². The highest BCUT2D eigenvalue weighted by molar-refractivity contribution is 5.89. The zero-order valence-electron chi connectivity index (χ0n) is 12.1. The number of likely N-dealkylation sites (N-methyl/N-ethyl adjacent to an activating group) is 1. The number of ether oxygens (including phenoxy) is 1. The van der Waals surface area contributed by atoms with Gasteiger partial charge >= 0.3 is 12.4 Å². The molecule has 0 spiro atoms. The van der Waals surface area contributed by atoms with E-state index in [0.717, 1.165) is 25.0 Å². The van der Waals surface area contributed by atoms with Gasteiger partial charge in [0.15, 0.2) is 0 Å². The predicted octanol–water partition coefficient (Wildman–Crippen LogP) is 2.80. The molecule has 2 rings (SSSR count). The Labute approximate surface area is 126 Å². The first-order chi connectivity index (χ1) is 10.4. The molecule has 1 aromatic carbocycles. The maximum atomic E-state index is 12.2. The van der Waals surface area contributed by atoms with Gasteiger partial charge in [-0.1, -0.05) is 0 Å². The van der Waals surface area contributed by atoms with E-state index in [0.29, 0.717) is 18.8 Å². The number of carbonyl (C=O) groups is 1. The number of likely N-dealkylation sites (tertiary alicyclic amines) is 1. The van der Waals surface area contributed by atoms with Crippen molar-refractivity contribution < 1.29 is 22.7 Å². The lowest BCUT2D eigenvalue weighted by molar-refractivity contribution is -0.274. The first kappa shape index (κ1) is 16.4. The van der Waals surface area contributed by atoms with Crippen molar-refractivity contribution >= 4 is 11.7 Å². The molecule has 1 aromatic rings. The number of alkyl halides is 3. The number of hydrogen-bond donors (Lipinski definition) is 2. The van der Waals surface area contributed by atoms with Gasteiger partial charge in [-0.05, 0) is 44.2 Å². The maximum absolute atomic E-state index is 12.2. The van der Waals surface area contributed by atoms with Crippen LogP contribution in [0.4, 0.5) is 23.7 Å². The van der Waals surface area contributed by atoms with Crippen molar-refractivity contribution in [3.8, 4) is 5.75 Å². The second-order valence-electron chi connectivity index (χ2n) is 5.05. The molecule has 1 aliphatic rings. The van der Waals surface area contributed by atoms with Crippen molar-refractivity contribution in [2.24, 2.45) is 0 Å². The van der Waals surface area contributed by atoms with E-state index in [9.17, 15) is 18.0 Å². The van der Waals surface area contributed by atoms with E-state index >= 15 is 0 Å². The average Bonchev–Trinajstić information content (AvgIpc) is 2.88. The van der Waals surface area contributed by atoms with Crippen molar-refractivity contribution in [3.05, 3.63) is 24.3 Å². The number of nitrogens with one attached hydrogen (secondary N) is 2. The van der Waals surface area contributed by atoms with Crippen LogP contribution >= 0.6 is 0 Å². The van der Waals surface area contributed by atoms with Crippen molar-refractivity contribution in [1.82, 2.24) is 10.2 Å². The molecule has 1 atom stereocenters. The number of halogens is 3. The number of hydrogen-bond acceptors (Lipinski definition) is 3. The highest BCUT2D eigenvalue weighted by atomic mass is 19.4. The van der Waals surface area contributed by atoms with Gasteiger partial charge in [0.25, 0.3) is 0 Å². The number of rotatable bonds is 4. The molecule has 1 heterocycles. The van der Waals surface area contributed by atoms with Crippen molar-refractivity contribution in [2.45, 2.75) is 25.2 Å². The smallest absolute Gasteiger partial charge is 0.406 e. The van der Waals surface area contributed by atoms with Crippen LogP contribution in [0.15, 0.2) is 24.3 Å². The van der Waals surface area contributed by atoms with Gasteiger partial charge in [0.05, 0.1) is 0 Å². The van der Waals surface area contributed by atoms with Gasteiger partial charge < -0.3 is 20.3 Å². The number of anilines is 1. The van der Waals surface area contributed by atoms with Crippen molar-refractivity contribution in [3.63, 3.8) is 0 Å². The molecular weight excluding hydrogens is 299 g/mol. The van der Waals surface area contributed by atoms with Crippen LogP contribution in [-0.2, 0) is 0 Å². The number of nitrogens with zero attached hydrogens (tertiary/aromatic N) is 1. The molecule has 0 radical (unpaired) electrons. The van der Waals surface area contributed by atoms with Crippen LogP contribution in [0.3, 0.4) is 0 Å². The summed E-state index contributed by atoms with van der Waals surface area (Å²) in [6, 6.07) is 4.97. The predicted molar refractivity (Wildman–Crippen MR) is 75.8 cm³/mol. The van der Waals surface area contributed by atoms with Gasteiger partial charge in [0.2, 0.25) is 0 Å². The number of amides is 2. The van der Waals surface area contributed by atoms with Crippen molar-refractivity contribution in [2.75, 3.05) is 25.5 Å². The number of carbonyl (C=O) groups excluding carboxylic acids is 1. The molecule has 2 N–H and O–H groups in total. The van der Waals surface area contributed by atoms with Gasteiger partial charge in [0.1, 0.15) is 5.75 Å². The fraction of sp³-hybridized carbons (Fsp3) is 0.500. The molecule has 2 amide bonds. The van der Waals surface area contributed by atoms with Crippen LogP contribution in [0, 0.1) is 0 Å². The first-order valence-electron chi connectivity index (χ1n) is 6.97. The van der Waals surface area contributed by atoms with E-state index in [1.165, 1.54) is 12.1 Å². The molecule has 0 aromatic heterocycles. The summed E-state index contributed by atoms with van der Waals surface area (Å²) in [6.07, 6.45) is -2.84. The average molecular weight is 317 g/mol. The lowest BCUT2D eigenvalue weighted by atomic mass is 10.2. The van der Waals surface area contributed by atoms with E-state index < -0.39 is 6.36 Å². The van der Waals surface area contributed by atoms with E-state index in [1.807, 2.05) is 7.05 Å². The summed E-state index contributed by atoms with van der Waals surface area (Å²) in [6.45, 7) is 1.39. The Kier molecular flexibility index (Phi) is 5.12. The summed E-state index contributed by atoms with van der Waals surface area (Å²) in [5.41, 5.74) is 0.426. The molecule has 0 aliphatic carbocycles. The molecular formula is C14H18F3N3O2. The lowest BCUT2D eigenvalue weighted by Crippen LogP contribution is -2.43. The summed E-state index contributed by atoms with van der Waals surface area (Å²) in [4.78, 5) is 13.9. The second-order valence-corrected chi connectivity index (χ2v) is 5.05. The van der Waals surface area contributed by atoms with Crippen LogP contribution in [0.2, 0.25) is 0 Å². The Morgan fingerprint density at radius 2 is 2.05 bits per heavy atom. The molecule has 0 bridgehead atoms. The fourth-order valence-corrected chi connectivity index (χ4v) is 2.49. The molecule has 5 nitrogen and oxygen atoms in total. The Balaban J connectivity index is 1.94. The zero-order valence-corrected chi connectivity index (χ0v) is 12.1. The minimum atomic E-state index is -4.72. The normalized spacial score (nSPS) is 18.4. The monoisotopic (exact) mass is 317 g/mol. The number of urea groups is 1. The molecule has 22 heavy (non-hydrogen) atoms. The van der Waals surface area contributed by atoms with Crippen LogP contribution in [0.5, 0.6) is 5.75 Å². The third-order valence-electron chi connectivity index (χ3n) is 3.42. The van der Waals surface area contributed by atoms with Gasteiger partial charge in [-0.15, -0.1) is 13.2 Å². The first-order valence-corrected chi connectivity index (χ1v) is 6.97. The Hall–Kier alpha value is -1.96. The molecule has 8 heteroatoms. The molecule has 1 fully saturated rings. The third kappa shape index (κ3) is 4.52. The minimum absolute atomic E-state index is 0.137. The zero-order chi connectivity index (χ0) is 16.2. The van der Waals surface area contributed by atoms with Crippen LogP contribution in [-0.4, -0.2) is 43.5 Å². The quantitative estimate of drug-likeness (QED) is 0.898. The Morgan fingerprint density at radius 1 is 1.36 bits per heavy atom. The van der Waals surface area contributed by atoms with Gasteiger partial charge in [-0.25, -0.2) is 4.79 Å². The molecule has 0 saturated carbocycles. The Bertz CT molecular complexity index is 505. The third-order valence-corrected chi connectivity index (χ3v) is 3.42. The standard InChI is InChI=1S/C14H18F3N3O2/c1-18-9-11-3-2-8-20(11)13(21)19-10-4-6-12(7-5-10)22-14(15,16)17/h4-7,11,18H,2-3,8-9H2,1H3,(H,19,21). The van der Waals surface area contributed by atoms with Crippen LogP contribution < -0.4 is 15.4 Å². The number of benzene rings is 1. The minimum Gasteiger partial charge on any atom is -0.406 e. The summed E-state index contributed by atoms with van der Waals surface area (Å²) in [5, 5.41) is 5.73. The largest absolute Gasteiger partial charge is 0.573 e. The SMILES string of the molecule is CNCC1CCCN1C(=O)Nc1ccc(OC(F)(F)F)cc1. The maximum Gasteiger partial charge on any atom is 0.573 e. The van der Waals surface area contributed by atoms with Gasteiger partial charge in [-0.3, -0.25) is 0 Å². The molecule has 1 unspecified atom stereocenters. The van der Waals surface area contributed by atoms with Gasteiger partial charge in [-0.2, -0.15) is 0 Å². The molecule has 1 aliphatic heterocycles. The van der Waals surface area contributed by atoms with Crippen LogP contribution in [0.25, 0.3) is 0 Å². The Morgan fingerprint density at radius 3 is 2.64 bits per heavy atom. The summed E-state index contributed by atoms with van der Waals surface area (Å²) < 4.78 is 40.0.